The van der Waals surface area contributed by atoms with E-state index in [0.717, 1.165) is 12.4 Å². The normalized spacial score (nSPS) is 12.0. The van der Waals surface area contributed by atoms with E-state index in [2.05, 4.69) is 27.7 Å². The molecule has 0 aliphatic carbocycles. The van der Waals surface area contributed by atoms with Gasteiger partial charge >= 0.3 is 0 Å². The van der Waals surface area contributed by atoms with Crippen LogP contribution in [-0.2, 0) is 4.74 Å². The van der Waals surface area contributed by atoms with Gasteiger partial charge in [-0.15, -0.1) is 0 Å². The summed E-state index contributed by atoms with van der Waals surface area (Å²) in [5, 5.41) is 0. The number of ether oxygens (including phenoxy) is 1. The highest BCUT2D eigenvalue weighted by Gasteiger charge is 2.08. The molecule has 1 nitrogen and oxygen atoms in total. The molecule has 0 saturated carbocycles. The van der Waals surface area contributed by atoms with Gasteiger partial charge in [0.2, 0.25) is 0 Å². The first-order valence-electron chi connectivity index (χ1n) is 3.78. The number of thioether (sulfide) groups is 1. The Labute approximate surface area is 68.5 Å². The topological polar surface area (TPSA) is 9.23 Å². The van der Waals surface area contributed by atoms with E-state index < -0.39 is 0 Å². The van der Waals surface area contributed by atoms with Gasteiger partial charge in [0.15, 0.2) is 0 Å². The molecule has 0 aromatic carbocycles. The molecular formula is C8H18OS. The lowest BCUT2D eigenvalue weighted by Gasteiger charge is -2.18. The van der Waals surface area contributed by atoms with Gasteiger partial charge in [-0.3, -0.25) is 0 Å². The van der Waals surface area contributed by atoms with E-state index in [1.165, 1.54) is 5.75 Å². The first kappa shape index (κ1) is 10.3. The molecule has 0 spiro atoms. The molecule has 2 heteroatoms. The predicted molar refractivity (Wildman–Crippen MR) is 48.7 cm³/mol. The van der Waals surface area contributed by atoms with Crippen molar-refractivity contribution in [2.45, 2.75) is 33.3 Å². The van der Waals surface area contributed by atoms with Crippen molar-refractivity contribution in [3.05, 3.63) is 0 Å². The molecule has 0 unspecified atom stereocenters. The van der Waals surface area contributed by atoms with Crippen molar-refractivity contribution in [3.8, 4) is 0 Å². The molecule has 10 heavy (non-hydrogen) atoms. The lowest BCUT2D eigenvalue weighted by Crippen LogP contribution is -2.20. The second kappa shape index (κ2) is 5.03. The Morgan fingerprint density at radius 2 is 1.90 bits per heavy atom. The summed E-state index contributed by atoms with van der Waals surface area (Å²) in [7, 11) is 0. The van der Waals surface area contributed by atoms with Crippen LogP contribution in [0.1, 0.15) is 27.7 Å². The second-order valence-corrected chi connectivity index (χ2v) is 4.55. The smallest absolute Gasteiger partial charge is 0.0598 e. The molecule has 0 rings (SSSR count). The maximum absolute atomic E-state index is 5.51. The Kier molecular flexibility index (Phi) is 5.18. The Hall–Kier alpha value is 0.310. The van der Waals surface area contributed by atoms with Gasteiger partial charge in [-0.25, -0.2) is 0 Å². The van der Waals surface area contributed by atoms with Crippen molar-refractivity contribution in [1.29, 1.82) is 0 Å². The van der Waals surface area contributed by atoms with E-state index in [-0.39, 0.29) is 5.60 Å². The monoisotopic (exact) mass is 162 g/mol. The Bertz CT molecular complexity index is 75.8. The van der Waals surface area contributed by atoms with Gasteiger partial charge < -0.3 is 4.74 Å². The molecule has 0 saturated heterocycles. The van der Waals surface area contributed by atoms with Crippen molar-refractivity contribution < 1.29 is 4.74 Å². The summed E-state index contributed by atoms with van der Waals surface area (Å²) >= 11 is 1.92. The van der Waals surface area contributed by atoms with E-state index in [9.17, 15) is 0 Å². The van der Waals surface area contributed by atoms with Crippen LogP contribution < -0.4 is 0 Å². The molecular weight excluding hydrogens is 144 g/mol. The van der Waals surface area contributed by atoms with Crippen molar-refractivity contribution in [2.75, 3.05) is 18.1 Å². The van der Waals surface area contributed by atoms with Crippen LogP contribution in [0.25, 0.3) is 0 Å². The van der Waals surface area contributed by atoms with Crippen LogP contribution in [0.15, 0.2) is 0 Å². The second-order valence-electron chi connectivity index (χ2n) is 3.16. The van der Waals surface area contributed by atoms with Gasteiger partial charge in [0.1, 0.15) is 0 Å². The average Bonchev–Trinajstić information content (AvgIpc) is 1.78. The standard InChI is InChI=1S/C8H18OS/c1-5-10-7-6-9-8(2,3)4/h5-7H2,1-4H3. The van der Waals surface area contributed by atoms with Gasteiger partial charge in [0, 0.05) is 5.75 Å². The Morgan fingerprint density at radius 1 is 1.30 bits per heavy atom. The molecule has 0 amide bonds. The van der Waals surface area contributed by atoms with Gasteiger partial charge in [0.25, 0.3) is 0 Å². The Balaban J connectivity index is 3.04. The summed E-state index contributed by atoms with van der Waals surface area (Å²) in [6.07, 6.45) is 0. The van der Waals surface area contributed by atoms with E-state index >= 15 is 0 Å². The van der Waals surface area contributed by atoms with Crippen LogP contribution in [0.2, 0.25) is 0 Å². The van der Waals surface area contributed by atoms with Gasteiger partial charge in [-0.2, -0.15) is 11.8 Å². The van der Waals surface area contributed by atoms with E-state index in [4.69, 9.17) is 4.74 Å². The number of hydrogen-bond acceptors (Lipinski definition) is 2. The van der Waals surface area contributed by atoms with E-state index in [0.29, 0.717) is 0 Å². The average molecular weight is 162 g/mol. The fourth-order valence-corrected chi connectivity index (χ4v) is 1.04. The molecule has 0 aliphatic rings. The van der Waals surface area contributed by atoms with Crippen LogP contribution in [0.4, 0.5) is 0 Å². The summed E-state index contributed by atoms with van der Waals surface area (Å²) < 4.78 is 5.51. The Morgan fingerprint density at radius 3 is 2.30 bits per heavy atom. The highest BCUT2D eigenvalue weighted by molar-refractivity contribution is 7.99. The van der Waals surface area contributed by atoms with Crippen LogP contribution in [0.5, 0.6) is 0 Å². The molecule has 0 aliphatic heterocycles. The maximum Gasteiger partial charge on any atom is 0.0598 e. The van der Waals surface area contributed by atoms with Gasteiger partial charge in [-0.1, -0.05) is 6.92 Å². The molecule has 0 aromatic rings. The van der Waals surface area contributed by atoms with Crippen molar-refractivity contribution in [2.24, 2.45) is 0 Å². The molecule has 0 atom stereocenters. The molecule has 0 fully saturated rings. The van der Waals surface area contributed by atoms with E-state index in [1.807, 2.05) is 11.8 Å². The summed E-state index contributed by atoms with van der Waals surface area (Å²) in [4.78, 5) is 0. The number of hydrogen-bond donors (Lipinski definition) is 0. The first-order chi connectivity index (χ1) is 4.56. The predicted octanol–water partition coefficient (Wildman–Crippen LogP) is 2.55. The highest BCUT2D eigenvalue weighted by atomic mass is 32.2. The highest BCUT2D eigenvalue weighted by Crippen LogP contribution is 2.07. The largest absolute Gasteiger partial charge is 0.375 e. The van der Waals surface area contributed by atoms with Gasteiger partial charge in [-0.05, 0) is 26.5 Å². The van der Waals surface area contributed by atoms with Crippen LogP contribution >= 0.6 is 11.8 Å². The third-order valence-corrected chi connectivity index (χ3v) is 1.83. The quantitative estimate of drug-likeness (QED) is 0.588. The summed E-state index contributed by atoms with van der Waals surface area (Å²) in [6.45, 7) is 9.31. The zero-order valence-electron chi connectivity index (χ0n) is 7.44. The van der Waals surface area contributed by atoms with Crippen molar-refractivity contribution in [1.82, 2.24) is 0 Å². The SMILES string of the molecule is CCSCCOC(C)(C)C. The molecule has 0 bridgehead atoms. The molecule has 62 valence electrons. The van der Waals surface area contributed by atoms with Crippen LogP contribution in [-0.4, -0.2) is 23.7 Å². The number of rotatable bonds is 4. The zero-order valence-corrected chi connectivity index (χ0v) is 8.25. The van der Waals surface area contributed by atoms with Crippen molar-refractivity contribution in [3.63, 3.8) is 0 Å². The van der Waals surface area contributed by atoms with Crippen LogP contribution in [0.3, 0.4) is 0 Å². The summed E-state index contributed by atoms with van der Waals surface area (Å²) in [5.74, 6) is 2.31. The third-order valence-electron chi connectivity index (χ3n) is 0.967. The third kappa shape index (κ3) is 8.31. The van der Waals surface area contributed by atoms with Crippen LogP contribution in [0, 0.1) is 0 Å². The fourth-order valence-electron chi connectivity index (χ4n) is 0.551. The molecule has 0 aromatic heterocycles. The maximum atomic E-state index is 5.51. The minimum atomic E-state index is 0.0360. The lowest BCUT2D eigenvalue weighted by molar-refractivity contribution is 0.00695. The zero-order chi connectivity index (χ0) is 8.04. The van der Waals surface area contributed by atoms with Crippen molar-refractivity contribution >= 4 is 11.8 Å². The molecule has 0 N–H and O–H groups in total. The van der Waals surface area contributed by atoms with Gasteiger partial charge in [0.05, 0.1) is 12.2 Å². The minimum Gasteiger partial charge on any atom is -0.375 e. The van der Waals surface area contributed by atoms with E-state index in [1.54, 1.807) is 0 Å². The summed E-state index contributed by atoms with van der Waals surface area (Å²) in [6, 6.07) is 0. The minimum absolute atomic E-state index is 0.0360. The lowest BCUT2D eigenvalue weighted by atomic mass is 10.2. The molecule has 0 radical (unpaired) electrons. The molecule has 0 heterocycles. The summed E-state index contributed by atoms with van der Waals surface area (Å²) in [5.41, 5.74) is 0.0360. The first-order valence-corrected chi connectivity index (χ1v) is 4.93. The fraction of sp³-hybridized carbons (Fsp3) is 1.00.